The molecule has 1 heteroatoms. The topological polar surface area (TPSA) is 12.0 Å². The molecule has 0 aliphatic carbocycles. The molecule has 0 aliphatic heterocycles. The highest BCUT2D eigenvalue weighted by Gasteiger charge is 1.92. The molecule has 0 unspecified atom stereocenters. The van der Waals surface area contributed by atoms with Gasteiger partial charge in [-0.05, 0) is 18.5 Å². The molecule has 0 bridgehead atoms. The minimum Gasteiger partial charge on any atom is -0.314 e. The molecule has 1 nitrogen and oxygen atoms in total. The van der Waals surface area contributed by atoms with Crippen LogP contribution in [0.4, 0.5) is 0 Å². The zero-order chi connectivity index (χ0) is 8.81. The van der Waals surface area contributed by atoms with E-state index >= 15 is 0 Å². The van der Waals surface area contributed by atoms with Crippen LogP contribution in [0.5, 0.6) is 0 Å². The van der Waals surface area contributed by atoms with Gasteiger partial charge in [0.1, 0.15) is 0 Å². The molecule has 0 spiro atoms. The van der Waals surface area contributed by atoms with Crippen molar-refractivity contribution in [3.8, 4) is 0 Å². The predicted molar refractivity (Wildman–Crippen MR) is 53.3 cm³/mol. The lowest BCUT2D eigenvalue weighted by molar-refractivity contribution is 0.590. The smallest absolute Gasteiger partial charge is 0.00105 e. The molecule has 0 radical (unpaired) electrons. The van der Waals surface area contributed by atoms with Gasteiger partial charge in [0.2, 0.25) is 0 Å². The van der Waals surface area contributed by atoms with Crippen LogP contribution in [0.1, 0.15) is 19.4 Å². The van der Waals surface area contributed by atoms with Crippen molar-refractivity contribution in [3.63, 3.8) is 0 Å². The Hall–Kier alpha value is -0.820. The zero-order valence-corrected chi connectivity index (χ0v) is 7.88. The van der Waals surface area contributed by atoms with Gasteiger partial charge in [0, 0.05) is 6.04 Å². The van der Waals surface area contributed by atoms with E-state index in [4.69, 9.17) is 0 Å². The molecule has 0 atom stereocenters. The first-order chi connectivity index (χ1) is 5.79. The largest absolute Gasteiger partial charge is 0.314 e. The van der Waals surface area contributed by atoms with Gasteiger partial charge in [-0.15, -0.1) is 0 Å². The normalized spacial score (nSPS) is 10.6. The highest BCUT2D eigenvalue weighted by atomic mass is 14.9. The number of hydrogen-bond acceptors (Lipinski definition) is 1. The third kappa shape index (κ3) is 3.54. The fraction of sp³-hybridized carbons (Fsp3) is 0.455. The van der Waals surface area contributed by atoms with Crippen molar-refractivity contribution in [2.45, 2.75) is 26.3 Å². The summed E-state index contributed by atoms with van der Waals surface area (Å²) in [7, 11) is 0. The molecule has 0 fully saturated rings. The van der Waals surface area contributed by atoms with E-state index in [0.29, 0.717) is 6.04 Å². The highest BCUT2D eigenvalue weighted by Crippen LogP contribution is 1.98. The lowest BCUT2D eigenvalue weighted by atomic mass is 10.1. The molecule has 0 aromatic heterocycles. The van der Waals surface area contributed by atoms with Crippen LogP contribution >= 0.6 is 0 Å². The van der Waals surface area contributed by atoms with E-state index in [-0.39, 0.29) is 0 Å². The molecule has 1 aromatic rings. The van der Waals surface area contributed by atoms with Gasteiger partial charge >= 0.3 is 0 Å². The van der Waals surface area contributed by atoms with E-state index in [2.05, 4.69) is 49.5 Å². The monoisotopic (exact) mass is 163 g/mol. The first-order valence-electron chi connectivity index (χ1n) is 4.56. The summed E-state index contributed by atoms with van der Waals surface area (Å²) < 4.78 is 0. The van der Waals surface area contributed by atoms with Gasteiger partial charge in [-0.25, -0.2) is 0 Å². The van der Waals surface area contributed by atoms with E-state index in [9.17, 15) is 0 Å². The summed E-state index contributed by atoms with van der Waals surface area (Å²) >= 11 is 0. The molecule has 12 heavy (non-hydrogen) atoms. The standard InChI is InChI=1S/C11H17N/c1-10(2)12-9-8-11-6-4-3-5-7-11/h3-7,10,12H,8-9H2,1-2H3. The number of hydrogen-bond donors (Lipinski definition) is 1. The maximum atomic E-state index is 3.39. The predicted octanol–water partition coefficient (Wildman–Crippen LogP) is 2.23. The summed E-state index contributed by atoms with van der Waals surface area (Å²) in [5, 5.41) is 3.39. The minimum absolute atomic E-state index is 0.591. The van der Waals surface area contributed by atoms with Crippen LogP contribution in [0.25, 0.3) is 0 Å². The van der Waals surface area contributed by atoms with Crippen LogP contribution in [-0.2, 0) is 6.42 Å². The van der Waals surface area contributed by atoms with Crippen molar-refractivity contribution in [3.05, 3.63) is 35.9 Å². The van der Waals surface area contributed by atoms with Crippen LogP contribution in [0.15, 0.2) is 30.3 Å². The van der Waals surface area contributed by atoms with Crippen molar-refractivity contribution >= 4 is 0 Å². The van der Waals surface area contributed by atoms with Crippen LogP contribution in [0, 0.1) is 0 Å². The average Bonchev–Trinajstić information content (AvgIpc) is 2.05. The first kappa shape index (κ1) is 9.27. The third-order valence-corrected chi connectivity index (χ3v) is 1.81. The Bertz CT molecular complexity index is 204. The quantitative estimate of drug-likeness (QED) is 0.717. The summed E-state index contributed by atoms with van der Waals surface area (Å²) in [6.07, 6.45) is 1.12. The Morgan fingerprint density at radius 1 is 1.17 bits per heavy atom. The van der Waals surface area contributed by atoms with Gasteiger partial charge < -0.3 is 5.32 Å². The minimum atomic E-state index is 0.591. The van der Waals surface area contributed by atoms with Gasteiger partial charge in [0.25, 0.3) is 0 Å². The van der Waals surface area contributed by atoms with Gasteiger partial charge in [-0.1, -0.05) is 44.2 Å². The Morgan fingerprint density at radius 3 is 2.42 bits per heavy atom. The maximum Gasteiger partial charge on any atom is 0.00105 e. The van der Waals surface area contributed by atoms with Crippen LogP contribution in [0.3, 0.4) is 0 Å². The number of benzene rings is 1. The van der Waals surface area contributed by atoms with E-state index in [0.717, 1.165) is 13.0 Å². The summed E-state index contributed by atoms with van der Waals surface area (Å²) in [4.78, 5) is 0. The molecule has 1 N–H and O–H groups in total. The number of rotatable bonds is 4. The fourth-order valence-electron chi connectivity index (χ4n) is 1.15. The Kier molecular flexibility index (Phi) is 3.81. The second-order valence-corrected chi connectivity index (χ2v) is 3.34. The summed E-state index contributed by atoms with van der Waals surface area (Å²) in [5.41, 5.74) is 1.41. The molecule has 1 aromatic carbocycles. The molecule has 0 amide bonds. The molecular formula is C11H17N. The van der Waals surface area contributed by atoms with Crippen LogP contribution in [-0.4, -0.2) is 12.6 Å². The third-order valence-electron chi connectivity index (χ3n) is 1.81. The van der Waals surface area contributed by atoms with E-state index in [1.807, 2.05) is 0 Å². The summed E-state index contributed by atoms with van der Waals surface area (Å²) in [5.74, 6) is 0. The second-order valence-electron chi connectivity index (χ2n) is 3.34. The van der Waals surface area contributed by atoms with Gasteiger partial charge in [-0.3, -0.25) is 0 Å². The van der Waals surface area contributed by atoms with Crippen molar-refractivity contribution in [2.75, 3.05) is 6.54 Å². The number of nitrogens with one attached hydrogen (secondary N) is 1. The Labute approximate surface area is 74.8 Å². The van der Waals surface area contributed by atoms with E-state index in [1.165, 1.54) is 5.56 Å². The lowest BCUT2D eigenvalue weighted by Crippen LogP contribution is -2.24. The Balaban J connectivity index is 2.25. The van der Waals surface area contributed by atoms with Crippen molar-refractivity contribution in [2.24, 2.45) is 0 Å². The van der Waals surface area contributed by atoms with Crippen LogP contribution in [0.2, 0.25) is 0 Å². The summed E-state index contributed by atoms with van der Waals surface area (Å²) in [6.45, 7) is 5.41. The maximum absolute atomic E-state index is 3.39. The molecule has 0 aliphatic rings. The highest BCUT2D eigenvalue weighted by molar-refractivity contribution is 5.14. The van der Waals surface area contributed by atoms with Crippen molar-refractivity contribution in [1.29, 1.82) is 0 Å². The van der Waals surface area contributed by atoms with Crippen molar-refractivity contribution < 1.29 is 0 Å². The molecule has 1 rings (SSSR count). The second kappa shape index (κ2) is 4.94. The summed E-state index contributed by atoms with van der Waals surface area (Å²) in [6, 6.07) is 11.2. The molecule has 0 heterocycles. The SMILES string of the molecule is CC(C)NCCc1ccccc1. The zero-order valence-electron chi connectivity index (χ0n) is 7.88. The Morgan fingerprint density at radius 2 is 1.83 bits per heavy atom. The van der Waals surface area contributed by atoms with Gasteiger partial charge in [-0.2, -0.15) is 0 Å². The lowest BCUT2D eigenvalue weighted by Gasteiger charge is -2.07. The molecule has 0 saturated carbocycles. The average molecular weight is 163 g/mol. The van der Waals surface area contributed by atoms with Crippen molar-refractivity contribution in [1.82, 2.24) is 5.32 Å². The first-order valence-corrected chi connectivity index (χ1v) is 4.56. The van der Waals surface area contributed by atoms with Gasteiger partial charge in [0.15, 0.2) is 0 Å². The van der Waals surface area contributed by atoms with E-state index in [1.54, 1.807) is 0 Å². The van der Waals surface area contributed by atoms with E-state index < -0.39 is 0 Å². The van der Waals surface area contributed by atoms with Gasteiger partial charge in [0.05, 0.1) is 0 Å². The molecule has 66 valence electrons. The molecular weight excluding hydrogens is 146 g/mol. The van der Waals surface area contributed by atoms with Crippen LogP contribution < -0.4 is 5.32 Å². The fourth-order valence-corrected chi connectivity index (χ4v) is 1.15. The molecule has 0 saturated heterocycles.